The van der Waals surface area contributed by atoms with Crippen LogP contribution < -0.4 is 15.0 Å². The lowest BCUT2D eigenvalue weighted by atomic mass is 10.0. The Morgan fingerprint density at radius 3 is 2.58 bits per heavy atom. The molecular formula is C19H25N3O2. The molecule has 5 nitrogen and oxygen atoms in total. The van der Waals surface area contributed by atoms with Crippen molar-refractivity contribution in [1.29, 1.82) is 0 Å². The minimum atomic E-state index is -0.496. The zero-order valence-electron chi connectivity index (χ0n) is 14.1. The van der Waals surface area contributed by atoms with Crippen LogP contribution in [0.3, 0.4) is 0 Å². The van der Waals surface area contributed by atoms with Crippen molar-refractivity contribution in [3.63, 3.8) is 0 Å². The predicted octanol–water partition coefficient (Wildman–Crippen LogP) is 2.38. The van der Waals surface area contributed by atoms with Gasteiger partial charge >= 0.3 is 0 Å². The lowest BCUT2D eigenvalue weighted by Gasteiger charge is -2.33. The van der Waals surface area contributed by atoms with Gasteiger partial charge < -0.3 is 20.1 Å². The number of pyridine rings is 1. The van der Waals surface area contributed by atoms with E-state index in [4.69, 9.17) is 4.74 Å². The summed E-state index contributed by atoms with van der Waals surface area (Å²) in [5.74, 6) is 1.86. The molecule has 0 bridgehead atoms. The van der Waals surface area contributed by atoms with Gasteiger partial charge in [-0.1, -0.05) is 18.2 Å². The first-order valence-corrected chi connectivity index (χ1v) is 8.47. The van der Waals surface area contributed by atoms with Crippen molar-refractivity contribution >= 4 is 5.82 Å². The van der Waals surface area contributed by atoms with Crippen LogP contribution in [0.25, 0.3) is 0 Å². The van der Waals surface area contributed by atoms with Crippen LogP contribution in [0.15, 0.2) is 48.7 Å². The largest absolute Gasteiger partial charge is 0.497 e. The Morgan fingerprint density at radius 1 is 1.21 bits per heavy atom. The van der Waals surface area contributed by atoms with Gasteiger partial charge in [0, 0.05) is 31.9 Å². The Morgan fingerprint density at radius 2 is 1.96 bits per heavy atom. The smallest absolute Gasteiger partial charge is 0.128 e. The summed E-state index contributed by atoms with van der Waals surface area (Å²) in [6, 6.07) is 14.0. The number of nitrogens with one attached hydrogen (secondary N) is 1. The number of methoxy groups -OCH3 is 1. The van der Waals surface area contributed by atoms with Gasteiger partial charge in [0.1, 0.15) is 11.6 Å². The molecule has 1 unspecified atom stereocenters. The molecule has 0 saturated carbocycles. The second-order valence-corrected chi connectivity index (χ2v) is 6.15. The van der Waals surface area contributed by atoms with Crippen molar-refractivity contribution in [2.24, 2.45) is 0 Å². The van der Waals surface area contributed by atoms with Crippen molar-refractivity contribution in [2.75, 3.05) is 31.6 Å². The monoisotopic (exact) mass is 327 g/mol. The average Bonchev–Trinajstić information content (AvgIpc) is 2.67. The van der Waals surface area contributed by atoms with Crippen LogP contribution in [0, 0.1) is 0 Å². The molecule has 1 aromatic heterocycles. The summed E-state index contributed by atoms with van der Waals surface area (Å²) in [7, 11) is 1.64. The summed E-state index contributed by atoms with van der Waals surface area (Å²) in [5.41, 5.74) is 0.911. The lowest BCUT2D eigenvalue weighted by molar-refractivity contribution is 0.167. The minimum Gasteiger partial charge on any atom is -0.497 e. The van der Waals surface area contributed by atoms with E-state index in [1.165, 1.54) is 0 Å². The molecule has 0 radical (unpaired) electrons. The molecule has 2 aromatic rings. The maximum absolute atomic E-state index is 10.3. The standard InChI is InChI=1S/C19H25N3O2/c1-24-17-7-5-15(6-8-17)18(23)14-21-16-9-12-22(13-10-16)19-4-2-3-11-20-19/h2-8,11,16,18,21,23H,9-10,12-14H2,1H3. The Balaban J connectivity index is 1.44. The highest BCUT2D eigenvalue weighted by atomic mass is 16.5. The first kappa shape index (κ1) is 16.7. The molecule has 0 amide bonds. The number of hydrogen-bond donors (Lipinski definition) is 2. The molecule has 128 valence electrons. The van der Waals surface area contributed by atoms with E-state index in [0.717, 1.165) is 43.1 Å². The predicted molar refractivity (Wildman–Crippen MR) is 95.4 cm³/mol. The van der Waals surface area contributed by atoms with Crippen molar-refractivity contribution < 1.29 is 9.84 Å². The molecule has 24 heavy (non-hydrogen) atoms. The highest BCUT2D eigenvalue weighted by molar-refractivity contribution is 5.38. The van der Waals surface area contributed by atoms with E-state index >= 15 is 0 Å². The number of ether oxygens (including phenoxy) is 1. The summed E-state index contributed by atoms with van der Waals surface area (Å²) in [6.45, 7) is 2.56. The number of nitrogens with zero attached hydrogens (tertiary/aromatic N) is 2. The SMILES string of the molecule is COc1ccc(C(O)CNC2CCN(c3ccccn3)CC2)cc1. The highest BCUT2D eigenvalue weighted by Crippen LogP contribution is 2.19. The van der Waals surface area contributed by atoms with E-state index in [1.807, 2.05) is 42.6 Å². The molecular weight excluding hydrogens is 302 g/mol. The highest BCUT2D eigenvalue weighted by Gasteiger charge is 2.20. The van der Waals surface area contributed by atoms with E-state index in [0.29, 0.717) is 12.6 Å². The molecule has 1 aliphatic rings. The summed E-state index contributed by atoms with van der Waals surface area (Å²) in [5, 5.41) is 13.8. The molecule has 1 saturated heterocycles. The van der Waals surface area contributed by atoms with Gasteiger partial charge in [-0.25, -0.2) is 4.98 Å². The third-order valence-electron chi connectivity index (χ3n) is 4.57. The number of aliphatic hydroxyl groups is 1. The van der Waals surface area contributed by atoms with Gasteiger partial charge in [-0.3, -0.25) is 0 Å². The number of piperidine rings is 1. The number of benzene rings is 1. The summed E-state index contributed by atoms with van der Waals surface area (Å²) in [6.07, 6.45) is 3.47. The lowest BCUT2D eigenvalue weighted by Crippen LogP contribution is -2.43. The fraction of sp³-hybridized carbons (Fsp3) is 0.421. The Bertz CT molecular complexity index is 610. The van der Waals surface area contributed by atoms with Crippen molar-refractivity contribution in [2.45, 2.75) is 25.0 Å². The van der Waals surface area contributed by atoms with Gasteiger partial charge in [-0.05, 0) is 42.7 Å². The molecule has 3 rings (SSSR count). The quantitative estimate of drug-likeness (QED) is 0.853. The molecule has 1 fully saturated rings. The fourth-order valence-electron chi connectivity index (χ4n) is 3.08. The van der Waals surface area contributed by atoms with Crippen LogP contribution in [-0.2, 0) is 0 Å². The average molecular weight is 327 g/mol. The van der Waals surface area contributed by atoms with Gasteiger partial charge in [-0.15, -0.1) is 0 Å². The van der Waals surface area contributed by atoms with Crippen LogP contribution >= 0.6 is 0 Å². The van der Waals surface area contributed by atoms with Gasteiger partial charge in [0.25, 0.3) is 0 Å². The maximum atomic E-state index is 10.3. The van der Waals surface area contributed by atoms with Crippen LogP contribution in [-0.4, -0.2) is 42.9 Å². The third-order valence-corrected chi connectivity index (χ3v) is 4.57. The van der Waals surface area contributed by atoms with Gasteiger partial charge in [-0.2, -0.15) is 0 Å². The number of aromatic nitrogens is 1. The molecule has 1 atom stereocenters. The number of hydrogen-bond acceptors (Lipinski definition) is 5. The summed E-state index contributed by atoms with van der Waals surface area (Å²) < 4.78 is 5.14. The van der Waals surface area contributed by atoms with E-state index in [-0.39, 0.29) is 0 Å². The van der Waals surface area contributed by atoms with E-state index in [2.05, 4.69) is 21.3 Å². The van der Waals surface area contributed by atoms with Crippen LogP contribution in [0.1, 0.15) is 24.5 Å². The Kier molecular flexibility index (Phi) is 5.67. The maximum Gasteiger partial charge on any atom is 0.128 e. The van der Waals surface area contributed by atoms with Gasteiger partial charge in [0.15, 0.2) is 0 Å². The van der Waals surface area contributed by atoms with E-state index in [9.17, 15) is 5.11 Å². The van der Waals surface area contributed by atoms with Gasteiger partial charge in [0.05, 0.1) is 13.2 Å². The fourth-order valence-corrected chi connectivity index (χ4v) is 3.08. The first-order valence-electron chi connectivity index (χ1n) is 8.47. The topological polar surface area (TPSA) is 57.6 Å². The second-order valence-electron chi connectivity index (χ2n) is 6.15. The number of aliphatic hydroxyl groups excluding tert-OH is 1. The molecule has 0 spiro atoms. The third kappa shape index (κ3) is 4.24. The van der Waals surface area contributed by atoms with Crippen LogP contribution in [0.5, 0.6) is 5.75 Å². The van der Waals surface area contributed by atoms with Crippen molar-refractivity contribution in [1.82, 2.24) is 10.3 Å². The molecule has 0 aliphatic carbocycles. The van der Waals surface area contributed by atoms with Crippen molar-refractivity contribution in [3.8, 4) is 5.75 Å². The molecule has 2 heterocycles. The normalized spacial score (nSPS) is 16.8. The Labute approximate surface area is 143 Å². The summed E-state index contributed by atoms with van der Waals surface area (Å²) in [4.78, 5) is 6.73. The zero-order valence-corrected chi connectivity index (χ0v) is 14.1. The second kappa shape index (κ2) is 8.13. The summed E-state index contributed by atoms with van der Waals surface area (Å²) >= 11 is 0. The molecule has 1 aliphatic heterocycles. The zero-order chi connectivity index (χ0) is 16.8. The number of rotatable bonds is 6. The Hall–Kier alpha value is -2.11. The van der Waals surface area contributed by atoms with Gasteiger partial charge in [0.2, 0.25) is 0 Å². The molecule has 2 N–H and O–H groups in total. The van der Waals surface area contributed by atoms with Crippen LogP contribution in [0.2, 0.25) is 0 Å². The first-order chi connectivity index (χ1) is 11.8. The van der Waals surface area contributed by atoms with E-state index in [1.54, 1.807) is 7.11 Å². The minimum absolute atomic E-state index is 0.442. The number of anilines is 1. The van der Waals surface area contributed by atoms with E-state index < -0.39 is 6.10 Å². The molecule has 5 heteroatoms. The molecule has 1 aromatic carbocycles. The van der Waals surface area contributed by atoms with Crippen LogP contribution in [0.4, 0.5) is 5.82 Å². The van der Waals surface area contributed by atoms with Crippen molar-refractivity contribution in [3.05, 3.63) is 54.2 Å².